The second-order valence-electron chi connectivity index (χ2n) is 12.9. The van der Waals surface area contributed by atoms with E-state index in [4.69, 9.17) is 25.4 Å². The Morgan fingerprint density at radius 3 is 2.35 bits per heavy atom. The van der Waals surface area contributed by atoms with Crippen LogP contribution in [-0.4, -0.2) is 72.5 Å². The van der Waals surface area contributed by atoms with Gasteiger partial charge in [0.05, 0.1) is 25.3 Å². The van der Waals surface area contributed by atoms with Crippen LogP contribution in [0.2, 0.25) is 5.02 Å². The van der Waals surface area contributed by atoms with E-state index in [0.717, 1.165) is 44.0 Å². The molecule has 1 aliphatic heterocycles. The summed E-state index contributed by atoms with van der Waals surface area (Å²) >= 11 is 6.07. The smallest absolute Gasteiger partial charge is 0.408 e. The van der Waals surface area contributed by atoms with Crippen LogP contribution in [0.1, 0.15) is 82.4 Å². The van der Waals surface area contributed by atoms with Crippen molar-refractivity contribution in [3.05, 3.63) is 70.7 Å². The van der Waals surface area contributed by atoms with E-state index in [0.29, 0.717) is 36.5 Å². The Balaban J connectivity index is 1.52. The Morgan fingerprint density at radius 1 is 0.980 bits per heavy atom. The highest BCUT2D eigenvalue weighted by Crippen LogP contribution is 2.54. The van der Waals surface area contributed by atoms with Crippen molar-refractivity contribution in [1.82, 2.24) is 15.5 Å². The van der Waals surface area contributed by atoms with E-state index < -0.39 is 43.6 Å². The molecule has 0 radical (unpaired) electrons. The Hall–Kier alpha value is -2.79. The van der Waals surface area contributed by atoms with Crippen molar-refractivity contribution >= 4 is 37.5 Å². The lowest BCUT2D eigenvalue weighted by Gasteiger charge is -2.33. The quantitative estimate of drug-likeness (QED) is 0.114. The second-order valence-corrected chi connectivity index (χ2v) is 15.5. The van der Waals surface area contributed by atoms with Gasteiger partial charge in [-0.3, -0.25) is 14.3 Å². The molecule has 11 nitrogen and oxygen atoms in total. The zero-order valence-corrected chi connectivity index (χ0v) is 30.2. The van der Waals surface area contributed by atoms with Gasteiger partial charge in [0.15, 0.2) is 5.85 Å². The number of hydrogen-bond donors (Lipinski definition) is 3. The van der Waals surface area contributed by atoms with Crippen molar-refractivity contribution in [1.29, 1.82) is 0 Å². The number of hydrogen-bond acceptors (Lipinski definition) is 9. The van der Waals surface area contributed by atoms with Gasteiger partial charge in [0.25, 0.3) is 0 Å². The highest BCUT2D eigenvalue weighted by Gasteiger charge is 2.43. The number of amides is 2. The summed E-state index contributed by atoms with van der Waals surface area (Å²) in [6.07, 6.45) is 6.63. The molecule has 1 aliphatic carbocycles. The number of halogens is 1. The minimum atomic E-state index is -4.06. The van der Waals surface area contributed by atoms with E-state index in [-0.39, 0.29) is 38.1 Å². The van der Waals surface area contributed by atoms with E-state index in [1.54, 1.807) is 38.1 Å². The zero-order chi connectivity index (χ0) is 35.2. The third-order valence-electron chi connectivity index (χ3n) is 9.36. The van der Waals surface area contributed by atoms with Gasteiger partial charge in [-0.05, 0) is 74.8 Å². The van der Waals surface area contributed by atoms with Gasteiger partial charge in [0.1, 0.15) is 18.9 Å². The summed E-state index contributed by atoms with van der Waals surface area (Å²) in [6.45, 7) is 4.53. The second kappa shape index (κ2) is 19.6. The SMILES string of the molecule is CCOP(=O)(OCC)C(O)[C@H](CC1CCN(C(C=O)c2ccccc2)C1)NC(=O)[C@H](CC1CCCCC1)NC(=O)OCc1cccc(Cl)c1. The molecule has 3 unspecified atom stereocenters. The molecule has 2 amide bonds. The third kappa shape index (κ3) is 11.6. The van der Waals surface area contributed by atoms with Gasteiger partial charge in [0.2, 0.25) is 5.91 Å². The predicted octanol–water partition coefficient (Wildman–Crippen LogP) is 6.63. The summed E-state index contributed by atoms with van der Waals surface area (Å²) in [5.41, 5.74) is 1.59. The average molecular weight is 720 g/mol. The van der Waals surface area contributed by atoms with Crippen LogP contribution in [0.5, 0.6) is 0 Å². The number of alkyl carbamates (subject to hydrolysis) is 1. The van der Waals surface area contributed by atoms with E-state index in [1.807, 2.05) is 30.3 Å². The zero-order valence-electron chi connectivity index (χ0n) is 28.5. The molecule has 49 heavy (non-hydrogen) atoms. The van der Waals surface area contributed by atoms with Gasteiger partial charge in [-0.1, -0.05) is 86.2 Å². The van der Waals surface area contributed by atoms with Crippen LogP contribution in [0.3, 0.4) is 0 Å². The maximum Gasteiger partial charge on any atom is 0.408 e. The van der Waals surface area contributed by atoms with Crippen LogP contribution in [-0.2, 0) is 34.5 Å². The summed E-state index contributed by atoms with van der Waals surface area (Å²) in [5, 5.41) is 17.8. The number of nitrogens with one attached hydrogen (secondary N) is 2. The monoisotopic (exact) mass is 719 g/mol. The summed E-state index contributed by atoms with van der Waals surface area (Å²) < 4.78 is 30.3. The molecule has 1 heterocycles. The predicted molar refractivity (Wildman–Crippen MR) is 188 cm³/mol. The molecule has 4 rings (SSSR count). The van der Waals surface area contributed by atoms with Crippen LogP contribution in [0.4, 0.5) is 4.79 Å². The van der Waals surface area contributed by atoms with Gasteiger partial charge in [-0.2, -0.15) is 0 Å². The molecule has 5 atom stereocenters. The first-order chi connectivity index (χ1) is 23.6. The first kappa shape index (κ1) is 39.0. The molecule has 2 aliphatic rings. The number of ether oxygens (including phenoxy) is 1. The fourth-order valence-corrected chi connectivity index (χ4v) is 8.90. The van der Waals surface area contributed by atoms with Crippen LogP contribution < -0.4 is 10.6 Å². The van der Waals surface area contributed by atoms with Crippen molar-refractivity contribution in [3.8, 4) is 0 Å². The average Bonchev–Trinajstić information content (AvgIpc) is 3.56. The number of benzene rings is 2. The third-order valence-corrected chi connectivity index (χ3v) is 11.8. The number of carbonyl (C=O) groups is 3. The minimum absolute atomic E-state index is 0.0274. The number of likely N-dealkylation sites (tertiary alicyclic amines) is 1. The van der Waals surface area contributed by atoms with Crippen molar-refractivity contribution in [2.75, 3.05) is 26.3 Å². The molecule has 0 spiro atoms. The molecule has 1 saturated heterocycles. The molecule has 2 aromatic rings. The van der Waals surface area contributed by atoms with Crippen LogP contribution in [0.25, 0.3) is 0 Å². The normalized spacial score (nSPS) is 19.8. The number of aliphatic hydroxyl groups is 1. The molecular weight excluding hydrogens is 669 g/mol. The van der Waals surface area contributed by atoms with Gasteiger partial charge >= 0.3 is 13.7 Å². The summed E-state index contributed by atoms with van der Waals surface area (Å²) in [6, 6.07) is 14.1. The van der Waals surface area contributed by atoms with Gasteiger partial charge in [-0.15, -0.1) is 0 Å². The highest BCUT2D eigenvalue weighted by atomic mass is 35.5. The largest absolute Gasteiger partial charge is 0.445 e. The molecule has 0 aromatic heterocycles. The lowest BCUT2D eigenvalue weighted by Crippen LogP contribution is -2.53. The van der Waals surface area contributed by atoms with Crippen molar-refractivity contribution < 1.29 is 37.8 Å². The van der Waals surface area contributed by atoms with E-state index in [9.17, 15) is 24.1 Å². The number of rotatable bonds is 18. The number of aliphatic hydroxyl groups excluding tert-OH is 1. The van der Waals surface area contributed by atoms with Crippen molar-refractivity contribution in [2.45, 2.75) is 95.8 Å². The number of nitrogens with zero attached hydrogens (tertiary/aromatic N) is 1. The van der Waals surface area contributed by atoms with Crippen LogP contribution in [0.15, 0.2) is 54.6 Å². The number of carbonyl (C=O) groups excluding carboxylic acids is 3. The highest BCUT2D eigenvalue weighted by molar-refractivity contribution is 7.54. The first-order valence-electron chi connectivity index (χ1n) is 17.4. The standard InChI is InChI=1S/C36H51ClN3O8P/c1-3-47-49(45,48-4-2)35(43)32(22-27-18-19-40(23-27)33(24-41)29-15-9-6-10-16-29)38-34(42)31(21-26-12-7-5-8-13-26)39-36(44)46-25-28-14-11-17-30(37)20-28/h6,9-11,14-17,20,24,26-27,31-33,35,43H,3-5,7-8,12-13,18-19,21-23,25H2,1-2H3,(H,38,42)(H,39,44)/t27?,31-,32-,33?,35?/m0/s1. The lowest BCUT2D eigenvalue weighted by molar-refractivity contribution is -0.125. The van der Waals surface area contributed by atoms with E-state index >= 15 is 0 Å². The van der Waals surface area contributed by atoms with Crippen LogP contribution >= 0.6 is 19.2 Å². The summed E-state index contributed by atoms with van der Waals surface area (Å²) in [7, 11) is -4.06. The lowest BCUT2D eigenvalue weighted by atomic mass is 9.84. The Labute approximate surface area is 294 Å². The van der Waals surface area contributed by atoms with Gasteiger partial charge in [-0.25, -0.2) is 4.79 Å². The molecule has 13 heteroatoms. The number of aldehydes is 1. The molecule has 270 valence electrons. The fourth-order valence-electron chi connectivity index (χ4n) is 6.95. The Kier molecular flexibility index (Phi) is 15.6. The molecular formula is C36H51ClN3O8P. The maximum absolute atomic E-state index is 14.1. The van der Waals surface area contributed by atoms with E-state index in [2.05, 4.69) is 15.5 Å². The summed E-state index contributed by atoms with van der Waals surface area (Å²) in [4.78, 5) is 41.3. The molecule has 2 aromatic carbocycles. The first-order valence-corrected chi connectivity index (χ1v) is 19.4. The molecule has 0 bridgehead atoms. The Morgan fingerprint density at radius 2 is 1.69 bits per heavy atom. The van der Waals surface area contributed by atoms with Gasteiger partial charge in [0, 0.05) is 11.6 Å². The topological polar surface area (TPSA) is 144 Å². The molecule has 3 N–H and O–H groups in total. The minimum Gasteiger partial charge on any atom is -0.445 e. The molecule has 2 fully saturated rings. The van der Waals surface area contributed by atoms with Crippen molar-refractivity contribution in [3.63, 3.8) is 0 Å². The van der Waals surface area contributed by atoms with Crippen LogP contribution in [0, 0.1) is 11.8 Å². The molecule has 1 saturated carbocycles. The maximum atomic E-state index is 14.1. The van der Waals surface area contributed by atoms with Crippen molar-refractivity contribution in [2.24, 2.45) is 11.8 Å². The van der Waals surface area contributed by atoms with Gasteiger partial charge < -0.3 is 34.3 Å². The summed E-state index contributed by atoms with van der Waals surface area (Å²) in [5.74, 6) is -2.00. The van der Waals surface area contributed by atoms with E-state index in [1.165, 1.54) is 0 Å². The Bertz CT molecular complexity index is 1390. The fraction of sp³-hybridized carbons (Fsp3) is 0.583.